The zero-order valence-corrected chi connectivity index (χ0v) is 14.1. The Bertz CT molecular complexity index is 824. The maximum absolute atomic E-state index is 6.40. The molecule has 118 valence electrons. The first-order chi connectivity index (χ1) is 11.1. The minimum absolute atomic E-state index is 0.674. The lowest BCUT2D eigenvalue weighted by atomic mass is 10.0. The maximum atomic E-state index is 6.40. The highest BCUT2D eigenvalue weighted by Gasteiger charge is 2.13. The lowest BCUT2D eigenvalue weighted by molar-refractivity contribution is 0.850. The number of anilines is 2. The van der Waals surface area contributed by atoms with Crippen molar-refractivity contribution in [1.29, 1.82) is 0 Å². The van der Waals surface area contributed by atoms with E-state index in [1.54, 1.807) is 0 Å². The van der Waals surface area contributed by atoms with E-state index in [-0.39, 0.29) is 0 Å². The van der Waals surface area contributed by atoms with E-state index in [4.69, 9.17) is 22.3 Å². The van der Waals surface area contributed by atoms with Crippen LogP contribution in [0.4, 0.5) is 11.5 Å². The summed E-state index contributed by atoms with van der Waals surface area (Å²) in [5, 5.41) is 1.73. The molecule has 0 aliphatic heterocycles. The van der Waals surface area contributed by atoms with Crippen LogP contribution in [0.2, 0.25) is 5.02 Å². The van der Waals surface area contributed by atoms with Crippen molar-refractivity contribution in [2.45, 2.75) is 13.8 Å². The van der Waals surface area contributed by atoms with Gasteiger partial charge in [0, 0.05) is 24.2 Å². The third-order valence-electron chi connectivity index (χ3n) is 4.09. The Kier molecular flexibility index (Phi) is 4.39. The fraction of sp³-hybridized carbons (Fsp3) is 0.211. The van der Waals surface area contributed by atoms with Crippen LogP contribution in [-0.2, 0) is 0 Å². The van der Waals surface area contributed by atoms with Crippen molar-refractivity contribution in [3.05, 3.63) is 53.6 Å². The summed E-state index contributed by atoms with van der Waals surface area (Å²) in [6, 6.07) is 16.0. The Morgan fingerprint density at radius 2 is 1.74 bits per heavy atom. The quantitative estimate of drug-likeness (QED) is 0.687. The van der Waals surface area contributed by atoms with Crippen molar-refractivity contribution in [3.8, 4) is 11.1 Å². The van der Waals surface area contributed by atoms with Gasteiger partial charge in [0.1, 0.15) is 5.82 Å². The first-order valence-corrected chi connectivity index (χ1v) is 8.22. The molecule has 0 atom stereocenters. The van der Waals surface area contributed by atoms with E-state index in [0.29, 0.717) is 5.02 Å². The second-order valence-corrected chi connectivity index (χ2v) is 5.87. The highest BCUT2D eigenvalue weighted by molar-refractivity contribution is 6.35. The molecule has 0 radical (unpaired) electrons. The summed E-state index contributed by atoms with van der Waals surface area (Å²) in [5.74, 6) is 0.947. The van der Waals surface area contributed by atoms with Gasteiger partial charge in [0.15, 0.2) is 0 Å². The van der Waals surface area contributed by atoms with E-state index < -0.39 is 0 Å². The van der Waals surface area contributed by atoms with Crippen molar-refractivity contribution in [3.63, 3.8) is 0 Å². The van der Waals surface area contributed by atoms with E-state index in [1.165, 1.54) is 0 Å². The van der Waals surface area contributed by atoms with Gasteiger partial charge in [-0.15, -0.1) is 0 Å². The molecule has 0 unspecified atom stereocenters. The second-order valence-electron chi connectivity index (χ2n) is 5.46. The molecule has 3 aromatic rings. The number of nitrogen functional groups attached to an aromatic ring is 1. The van der Waals surface area contributed by atoms with Gasteiger partial charge < -0.3 is 10.6 Å². The van der Waals surface area contributed by atoms with E-state index in [9.17, 15) is 0 Å². The van der Waals surface area contributed by atoms with E-state index in [2.05, 4.69) is 30.9 Å². The number of rotatable bonds is 4. The molecule has 0 fully saturated rings. The normalized spacial score (nSPS) is 10.9. The Morgan fingerprint density at radius 3 is 2.39 bits per heavy atom. The number of halogens is 1. The highest BCUT2D eigenvalue weighted by Crippen LogP contribution is 2.34. The zero-order chi connectivity index (χ0) is 16.4. The van der Waals surface area contributed by atoms with Gasteiger partial charge in [0.25, 0.3) is 0 Å². The molecule has 1 aromatic heterocycles. The van der Waals surface area contributed by atoms with Crippen LogP contribution in [0.25, 0.3) is 22.0 Å². The highest BCUT2D eigenvalue weighted by atomic mass is 35.5. The maximum Gasteiger partial charge on any atom is 0.129 e. The number of nitrogens with two attached hydrogens (primary N) is 1. The van der Waals surface area contributed by atoms with Gasteiger partial charge in [-0.25, -0.2) is 4.98 Å². The number of aromatic nitrogens is 1. The second kappa shape index (κ2) is 6.47. The first-order valence-electron chi connectivity index (χ1n) is 7.84. The van der Waals surface area contributed by atoms with Gasteiger partial charge in [-0.2, -0.15) is 0 Å². The van der Waals surface area contributed by atoms with Crippen LogP contribution in [0.5, 0.6) is 0 Å². The molecular formula is C19H20ClN3. The summed E-state index contributed by atoms with van der Waals surface area (Å²) in [7, 11) is 0. The predicted molar refractivity (Wildman–Crippen MR) is 100 cm³/mol. The molecule has 0 aliphatic rings. The topological polar surface area (TPSA) is 42.1 Å². The van der Waals surface area contributed by atoms with Gasteiger partial charge in [-0.05, 0) is 49.2 Å². The number of benzene rings is 2. The van der Waals surface area contributed by atoms with Gasteiger partial charge in [-0.1, -0.05) is 35.9 Å². The minimum atomic E-state index is 0.674. The van der Waals surface area contributed by atoms with Crippen LogP contribution in [0, 0.1) is 0 Å². The molecule has 3 nitrogen and oxygen atoms in total. The predicted octanol–water partition coefficient (Wildman–Crippen LogP) is 4.98. The molecule has 0 spiro atoms. The Labute approximate surface area is 141 Å². The summed E-state index contributed by atoms with van der Waals surface area (Å²) in [6.07, 6.45) is 0. The Balaban J connectivity index is 2.29. The summed E-state index contributed by atoms with van der Waals surface area (Å²) < 4.78 is 0. The molecule has 0 bridgehead atoms. The first kappa shape index (κ1) is 15.6. The van der Waals surface area contributed by atoms with Crippen molar-refractivity contribution < 1.29 is 0 Å². The number of nitrogens with zero attached hydrogens (tertiary/aromatic N) is 2. The number of fused-ring (bicyclic) bond motifs is 1. The van der Waals surface area contributed by atoms with Gasteiger partial charge in [-0.3, -0.25) is 0 Å². The van der Waals surface area contributed by atoms with E-state index in [0.717, 1.165) is 46.6 Å². The molecule has 3 rings (SSSR count). The molecule has 2 aromatic carbocycles. The lowest BCUT2D eigenvalue weighted by Gasteiger charge is -2.22. The van der Waals surface area contributed by atoms with Gasteiger partial charge in [0.05, 0.1) is 10.5 Å². The summed E-state index contributed by atoms with van der Waals surface area (Å²) in [4.78, 5) is 7.02. The molecule has 2 N–H and O–H groups in total. The monoisotopic (exact) mass is 325 g/mol. The fourth-order valence-corrected chi connectivity index (χ4v) is 3.03. The van der Waals surface area contributed by atoms with Crippen molar-refractivity contribution >= 4 is 34.0 Å². The average molecular weight is 326 g/mol. The zero-order valence-electron chi connectivity index (χ0n) is 13.4. The van der Waals surface area contributed by atoms with Crippen LogP contribution in [-0.4, -0.2) is 18.1 Å². The average Bonchev–Trinajstić information content (AvgIpc) is 2.57. The van der Waals surface area contributed by atoms with Crippen LogP contribution >= 0.6 is 11.6 Å². The van der Waals surface area contributed by atoms with Crippen molar-refractivity contribution in [2.24, 2.45) is 0 Å². The van der Waals surface area contributed by atoms with Gasteiger partial charge in [0.2, 0.25) is 0 Å². The largest absolute Gasteiger partial charge is 0.399 e. The summed E-state index contributed by atoms with van der Waals surface area (Å²) in [5.41, 5.74) is 9.66. The number of pyridine rings is 1. The Hall–Kier alpha value is -2.26. The van der Waals surface area contributed by atoms with Gasteiger partial charge >= 0.3 is 0 Å². The molecule has 0 amide bonds. The van der Waals surface area contributed by atoms with Crippen LogP contribution in [0.3, 0.4) is 0 Å². The fourth-order valence-electron chi connectivity index (χ4n) is 2.81. The molecule has 0 saturated carbocycles. The molecule has 4 heteroatoms. The van der Waals surface area contributed by atoms with Crippen LogP contribution in [0.15, 0.2) is 48.5 Å². The number of hydrogen-bond donors (Lipinski definition) is 1. The van der Waals surface area contributed by atoms with Crippen LogP contribution in [0.1, 0.15) is 13.8 Å². The SMILES string of the molecule is CCN(CC)c1cc(-c2ccc(N)cc2)c2cccc(Cl)c2n1. The summed E-state index contributed by atoms with van der Waals surface area (Å²) in [6.45, 7) is 6.07. The van der Waals surface area contributed by atoms with E-state index in [1.807, 2.05) is 36.4 Å². The summed E-state index contributed by atoms with van der Waals surface area (Å²) >= 11 is 6.40. The Morgan fingerprint density at radius 1 is 1.04 bits per heavy atom. The standard InChI is InChI=1S/C19H20ClN3/c1-3-23(4-2)18-12-16(13-8-10-14(21)11-9-13)15-6-5-7-17(20)19(15)22-18/h5-12H,3-4,21H2,1-2H3. The van der Waals surface area contributed by atoms with Crippen LogP contribution < -0.4 is 10.6 Å². The minimum Gasteiger partial charge on any atom is -0.399 e. The molecular weight excluding hydrogens is 306 g/mol. The van der Waals surface area contributed by atoms with E-state index >= 15 is 0 Å². The lowest BCUT2D eigenvalue weighted by Crippen LogP contribution is -2.23. The van der Waals surface area contributed by atoms with Crippen molar-refractivity contribution in [2.75, 3.05) is 23.7 Å². The smallest absolute Gasteiger partial charge is 0.129 e. The molecule has 1 heterocycles. The number of hydrogen-bond acceptors (Lipinski definition) is 3. The number of para-hydroxylation sites is 1. The van der Waals surface area contributed by atoms with Crippen molar-refractivity contribution in [1.82, 2.24) is 4.98 Å². The molecule has 23 heavy (non-hydrogen) atoms. The third-order valence-corrected chi connectivity index (χ3v) is 4.39. The molecule has 0 saturated heterocycles. The molecule has 0 aliphatic carbocycles. The third kappa shape index (κ3) is 2.97.